The molecule has 0 radical (unpaired) electrons. The smallest absolute Gasteiger partial charge is 0.269 e. The van der Waals surface area contributed by atoms with Gasteiger partial charge in [-0.15, -0.1) is 22.7 Å². The van der Waals surface area contributed by atoms with Crippen LogP contribution in [0.15, 0.2) is 41.9 Å². The normalized spacial score (nSPS) is 10.5. The Morgan fingerprint density at radius 2 is 2.18 bits per heavy atom. The lowest BCUT2D eigenvalue weighted by atomic mass is 10.3. The maximum Gasteiger partial charge on any atom is 0.269 e. The molecule has 3 aromatic rings. The zero-order valence-electron chi connectivity index (χ0n) is 11.7. The van der Waals surface area contributed by atoms with Crippen LogP contribution in [0.1, 0.15) is 15.4 Å². The standard InChI is InChI=1S/C15H14N4OS2/c16-15-19-12(9-21-15)13-5-4-10(22-13)6-8-18-14(20)11-3-1-2-7-17-11/h1-5,7,9H,6,8H2,(H2,16,19)(H,18,20). The molecular weight excluding hydrogens is 316 g/mol. The minimum absolute atomic E-state index is 0.148. The lowest BCUT2D eigenvalue weighted by Crippen LogP contribution is -2.26. The van der Waals surface area contributed by atoms with Gasteiger partial charge in [0.15, 0.2) is 5.13 Å². The van der Waals surface area contributed by atoms with Crippen molar-refractivity contribution in [3.8, 4) is 10.6 Å². The summed E-state index contributed by atoms with van der Waals surface area (Å²) in [6.07, 6.45) is 2.39. The van der Waals surface area contributed by atoms with E-state index in [0.717, 1.165) is 17.0 Å². The van der Waals surface area contributed by atoms with Crippen molar-refractivity contribution in [2.75, 3.05) is 12.3 Å². The van der Waals surface area contributed by atoms with Crippen LogP contribution < -0.4 is 11.1 Å². The molecule has 0 aliphatic carbocycles. The number of nitrogen functional groups attached to an aromatic ring is 1. The molecule has 5 nitrogen and oxygen atoms in total. The number of carbonyl (C=O) groups is 1. The summed E-state index contributed by atoms with van der Waals surface area (Å²) in [4.78, 5) is 22.5. The van der Waals surface area contributed by atoms with E-state index in [1.54, 1.807) is 35.7 Å². The number of aromatic nitrogens is 2. The number of nitrogens with two attached hydrogens (primary N) is 1. The van der Waals surface area contributed by atoms with Crippen LogP contribution in [0.25, 0.3) is 10.6 Å². The quantitative estimate of drug-likeness (QED) is 0.754. The number of carbonyl (C=O) groups excluding carboxylic acids is 1. The van der Waals surface area contributed by atoms with Crippen molar-refractivity contribution < 1.29 is 4.79 Å². The monoisotopic (exact) mass is 330 g/mol. The molecule has 0 saturated heterocycles. The Morgan fingerprint density at radius 3 is 2.91 bits per heavy atom. The van der Waals surface area contributed by atoms with E-state index >= 15 is 0 Å². The number of rotatable bonds is 5. The van der Waals surface area contributed by atoms with Crippen LogP contribution in [0, 0.1) is 0 Å². The average molecular weight is 330 g/mol. The number of nitrogens with one attached hydrogen (secondary N) is 1. The highest BCUT2D eigenvalue weighted by atomic mass is 32.1. The Hall–Kier alpha value is -2.25. The van der Waals surface area contributed by atoms with Gasteiger partial charge in [-0.1, -0.05) is 6.07 Å². The van der Waals surface area contributed by atoms with E-state index in [2.05, 4.69) is 21.4 Å². The highest BCUT2D eigenvalue weighted by Crippen LogP contribution is 2.29. The molecule has 112 valence electrons. The highest BCUT2D eigenvalue weighted by molar-refractivity contribution is 7.16. The molecule has 0 aliphatic rings. The van der Waals surface area contributed by atoms with E-state index in [1.165, 1.54) is 16.2 Å². The fourth-order valence-electron chi connectivity index (χ4n) is 1.94. The van der Waals surface area contributed by atoms with E-state index in [4.69, 9.17) is 5.73 Å². The molecule has 0 saturated carbocycles. The van der Waals surface area contributed by atoms with Gasteiger partial charge in [0.25, 0.3) is 5.91 Å². The summed E-state index contributed by atoms with van der Waals surface area (Å²) in [5.74, 6) is -0.148. The van der Waals surface area contributed by atoms with Gasteiger partial charge in [-0.25, -0.2) is 4.98 Å². The van der Waals surface area contributed by atoms with Crippen LogP contribution in [0.4, 0.5) is 5.13 Å². The number of nitrogens with zero attached hydrogens (tertiary/aromatic N) is 2. The van der Waals surface area contributed by atoms with Gasteiger partial charge in [0, 0.05) is 23.0 Å². The van der Waals surface area contributed by atoms with Gasteiger partial charge in [-0.3, -0.25) is 9.78 Å². The lowest BCUT2D eigenvalue weighted by Gasteiger charge is -2.03. The molecule has 22 heavy (non-hydrogen) atoms. The highest BCUT2D eigenvalue weighted by Gasteiger charge is 2.08. The van der Waals surface area contributed by atoms with Gasteiger partial charge >= 0.3 is 0 Å². The predicted octanol–water partition coefficient (Wildman–Crippen LogP) is 2.82. The fourth-order valence-corrected chi connectivity index (χ4v) is 3.54. The maximum absolute atomic E-state index is 11.9. The van der Waals surface area contributed by atoms with E-state index < -0.39 is 0 Å². The summed E-state index contributed by atoms with van der Waals surface area (Å²) in [6.45, 7) is 0.578. The van der Waals surface area contributed by atoms with Gasteiger partial charge in [-0.2, -0.15) is 0 Å². The molecule has 7 heteroatoms. The molecule has 0 atom stereocenters. The molecule has 0 unspecified atom stereocenters. The van der Waals surface area contributed by atoms with Gasteiger partial charge in [0.1, 0.15) is 5.69 Å². The summed E-state index contributed by atoms with van der Waals surface area (Å²) < 4.78 is 0. The van der Waals surface area contributed by atoms with Gasteiger partial charge in [0.2, 0.25) is 0 Å². The average Bonchev–Trinajstić information content (AvgIpc) is 3.17. The van der Waals surface area contributed by atoms with Crippen LogP contribution >= 0.6 is 22.7 Å². The first-order chi connectivity index (χ1) is 10.7. The molecule has 0 bridgehead atoms. The number of pyridine rings is 1. The number of amides is 1. The van der Waals surface area contributed by atoms with Crippen molar-refractivity contribution in [2.24, 2.45) is 0 Å². The van der Waals surface area contributed by atoms with Crippen LogP contribution in [0.5, 0.6) is 0 Å². The second-order valence-electron chi connectivity index (χ2n) is 4.56. The maximum atomic E-state index is 11.9. The number of thiophene rings is 1. The SMILES string of the molecule is Nc1nc(-c2ccc(CCNC(=O)c3ccccn3)s2)cs1. The van der Waals surface area contributed by atoms with Crippen LogP contribution in [0.3, 0.4) is 0 Å². The van der Waals surface area contributed by atoms with Crippen molar-refractivity contribution in [1.82, 2.24) is 15.3 Å². The third-order valence-electron chi connectivity index (χ3n) is 2.99. The number of hydrogen-bond acceptors (Lipinski definition) is 6. The van der Waals surface area contributed by atoms with Crippen LogP contribution in [0.2, 0.25) is 0 Å². The minimum atomic E-state index is -0.148. The lowest BCUT2D eigenvalue weighted by molar-refractivity contribution is 0.0949. The molecule has 0 fully saturated rings. The van der Waals surface area contributed by atoms with Crippen LogP contribution in [-0.2, 0) is 6.42 Å². The summed E-state index contributed by atoms with van der Waals surface area (Å²) in [6, 6.07) is 9.38. The second-order valence-corrected chi connectivity index (χ2v) is 6.62. The van der Waals surface area contributed by atoms with E-state index in [-0.39, 0.29) is 5.91 Å². The Morgan fingerprint density at radius 1 is 1.27 bits per heavy atom. The Labute approximate surface area is 135 Å². The number of thiazole rings is 1. The zero-order chi connectivity index (χ0) is 15.4. The Kier molecular flexibility index (Phi) is 4.45. The van der Waals surface area contributed by atoms with E-state index in [0.29, 0.717) is 17.4 Å². The molecule has 1 amide bonds. The number of anilines is 1. The zero-order valence-corrected chi connectivity index (χ0v) is 13.3. The van der Waals surface area contributed by atoms with Crippen molar-refractivity contribution in [3.63, 3.8) is 0 Å². The fraction of sp³-hybridized carbons (Fsp3) is 0.133. The minimum Gasteiger partial charge on any atom is -0.375 e. The molecule has 0 aromatic carbocycles. The molecule has 3 N–H and O–H groups in total. The van der Waals surface area contributed by atoms with Gasteiger partial charge in [-0.05, 0) is 30.7 Å². The third-order valence-corrected chi connectivity index (χ3v) is 4.83. The van der Waals surface area contributed by atoms with Crippen molar-refractivity contribution in [3.05, 3.63) is 52.5 Å². The number of hydrogen-bond donors (Lipinski definition) is 2. The van der Waals surface area contributed by atoms with Crippen molar-refractivity contribution in [2.45, 2.75) is 6.42 Å². The molecule has 3 rings (SSSR count). The topological polar surface area (TPSA) is 80.9 Å². The molecule has 3 heterocycles. The molecule has 0 spiro atoms. The Balaban J connectivity index is 1.54. The van der Waals surface area contributed by atoms with Crippen molar-refractivity contribution in [1.29, 1.82) is 0 Å². The van der Waals surface area contributed by atoms with Gasteiger partial charge in [0.05, 0.1) is 10.6 Å². The van der Waals surface area contributed by atoms with E-state index in [9.17, 15) is 4.79 Å². The summed E-state index contributed by atoms with van der Waals surface area (Å²) >= 11 is 3.11. The van der Waals surface area contributed by atoms with Crippen molar-refractivity contribution >= 4 is 33.7 Å². The van der Waals surface area contributed by atoms with E-state index in [1.807, 2.05) is 11.4 Å². The van der Waals surface area contributed by atoms with Gasteiger partial charge < -0.3 is 11.1 Å². The first-order valence-electron chi connectivity index (χ1n) is 6.72. The third kappa shape index (κ3) is 3.49. The largest absolute Gasteiger partial charge is 0.375 e. The summed E-state index contributed by atoms with van der Waals surface area (Å²) in [5, 5.41) is 5.40. The molecular formula is C15H14N4OS2. The van der Waals surface area contributed by atoms with Crippen LogP contribution in [-0.4, -0.2) is 22.4 Å². The molecule has 3 aromatic heterocycles. The molecule has 0 aliphatic heterocycles. The first-order valence-corrected chi connectivity index (χ1v) is 8.41. The predicted molar refractivity (Wildman–Crippen MR) is 90.1 cm³/mol. The first kappa shape index (κ1) is 14.7. The second kappa shape index (κ2) is 6.67. The summed E-state index contributed by atoms with van der Waals surface area (Å²) in [5.41, 5.74) is 7.00. The summed E-state index contributed by atoms with van der Waals surface area (Å²) in [7, 11) is 0. The Bertz CT molecular complexity index is 767.